The van der Waals surface area contributed by atoms with E-state index in [4.69, 9.17) is 0 Å². The maximum Gasteiger partial charge on any atom is 0.246 e. The Kier molecular flexibility index (Phi) is 7.72. The molecular weight excluding hydrogens is 386 g/mol. The molecule has 2 fully saturated rings. The number of nitrogens with zero attached hydrogens (tertiary/aromatic N) is 2. The van der Waals surface area contributed by atoms with E-state index in [2.05, 4.69) is 9.62 Å². The van der Waals surface area contributed by atoms with E-state index in [0.29, 0.717) is 5.69 Å². The van der Waals surface area contributed by atoms with Crippen LogP contribution in [0.3, 0.4) is 0 Å². The van der Waals surface area contributed by atoms with Crippen molar-refractivity contribution in [1.29, 1.82) is 0 Å². The van der Waals surface area contributed by atoms with Gasteiger partial charge in [0.2, 0.25) is 15.9 Å². The lowest BCUT2D eigenvalue weighted by Gasteiger charge is -2.28. The zero-order chi connectivity index (χ0) is 20.7. The highest BCUT2D eigenvalue weighted by atomic mass is 32.2. The first kappa shape index (κ1) is 21.8. The highest BCUT2D eigenvalue weighted by molar-refractivity contribution is 7.92. The van der Waals surface area contributed by atoms with Gasteiger partial charge in [-0.2, -0.15) is 0 Å². The minimum Gasteiger partial charge on any atom is -0.338 e. The minimum absolute atomic E-state index is 0.0443. The molecule has 1 saturated heterocycles. The lowest BCUT2D eigenvalue weighted by molar-refractivity contribution is -0.125. The molecule has 0 radical (unpaired) electrons. The summed E-state index contributed by atoms with van der Waals surface area (Å²) in [7, 11) is -3.28. The number of carbonyl (C=O) groups excluding carboxylic acids is 1. The molecule has 1 saturated carbocycles. The predicted molar refractivity (Wildman–Crippen MR) is 118 cm³/mol. The monoisotopic (exact) mass is 419 g/mol. The maximum atomic E-state index is 12.6. The second-order valence-corrected chi connectivity index (χ2v) is 10.1. The van der Waals surface area contributed by atoms with Crippen molar-refractivity contribution in [2.45, 2.75) is 38.5 Å². The summed E-state index contributed by atoms with van der Waals surface area (Å²) in [6.07, 6.45) is 12.4. The molecule has 1 aliphatic heterocycles. The van der Waals surface area contributed by atoms with E-state index < -0.39 is 10.0 Å². The molecule has 3 rings (SSSR count). The quantitative estimate of drug-likeness (QED) is 0.719. The Labute approximate surface area is 175 Å². The van der Waals surface area contributed by atoms with E-state index in [1.807, 2.05) is 4.90 Å². The van der Waals surface area contributed by atoms with Gasteiger partial charge in [0.05, 0.1) is 6.26 Å². The molecule has 1 aromatic carbocycles. The van der Waals surface area contributed by atoms with Crippen molar-refractivity contribution in [1.82, 2.24) is 9.80 Å². The summed E-state index contributed by atoms with van der Waals surface area (Å²) in [5.74, 6) is 0.883. The van der Waals surface area contributed by atoms with Crippen molar-refractivity contribution in [2.75, 3.05) is 43.7 Å². The van der Waals surface area contributed by atoms with Gasteiger partial charge >= 0.3 is 0 Å². The average Bonchev–Trinajstić information content (AvgIpc) is 2.92. The number of rotatable bonds is 6. The molecule has 7 heteroatoms. The topological polar surface area (TPSA) is 69.7 Å². The highest BCUT2D eigenvalue weighted by Crippen LogP contribution is 2.24. The van der Waals surface area contributed by atoms with E-state index in [1.165, 1.54) is 38.6 Å². The molecule has 29 heavy (non-hydrogen) atoms. The van der Waals surface area contributed by atoms with Gasteiger partial charge in [0.25, 0.3) is 0 Å². The molecule has 0 spiro atoms. The zero-order valence-electron chi connectivity index (χ0n) is 17.3. The number of anilines is 1. The Morgan fingerprint density at radius 3 is 2.45 bits per heavy atom. The van der Waals surface area contributed by atoms with Crippen LogP contribution < -0.4 is 4.72 Å². The van der Waals surface area contributed by atoms with Crippen molar-refractivity contribution in [2.24, 2.45) is 5.92 Å². The summed E-state index contributed by atoms with van der Waals surface area (Å²) in [4.78, 5) is 17.1. The van der Waals surface area contributed by atoms with E-state index in [-0.39, 0.29) is 5.91 Å². The highest BCUT2D eigenvalue weighted by Gasteiger charge is 2.21. The third-order valence-electron chi connectivity index (χ3n) is 5.77. The predicted octanol–water partition coefficient (Wildman–Crippen LogP) is 3.19. The van der Waals surface area contributed by atoms with Crippen LogP contribution in [0.1, 0.15) is 44.1 Å². The van der Waals surface area contributed by atoms with Crippen molar-refractivity contribution in [3.05, 3.63) is 35.9 Å². The molecule has 6 nitrogen and oxygen atoms in total. The van der Waals surface area contributed by atoms with E-state index >= 15 is 0 Å². The van der Waals surface area contributed by atoms with Gasteiger partial charge in [-0.1, -0.05) is 31.4 Å². The Hall–Kier alpha value is -1.86. The van der Waals surface area contributed by atoms with Gasteiger partial charge in [-0.25, -0.2) is 8.42 Å². The van der Waals surface area contributed by atoms with Gasteiger partial charge < -0.3 is 9.80 Å². The van der Waals surface area contributed by atoms with E-state index in [9.17, 15) is 13.2 Å². The van der Waals surface area contributed by atoms with Crippen LogP contribution >= 0.6 is 0 Å². The third kappa shape index (κ3) is 7.48. The van der Waals surface area contributed by atoms with Crippen molar-refractivity contribution in [3.8, 4) is 0 Å². The molecule has 1 aliphatic carbocycles. The molecule has 0 aromatic heterocycles. The van der Waals surface area contributed by atoms with E-state index in [0.717, 1.165) is 50.3 Å². The third-order valence-corrected chi connectivity index (χ3v) is 6.38. The van der Waals surface area contributed by atoms with Gasteiger partial charge in [0.15, 0.2) is 0 Å². The van der Waals surface area contributed by atoms with Crippen LogP contribution in [0.2, 0.25) is 0 Å². The van der Waals surface area contributed by atoms with E-state index in [1.54, 1.807) is 36.4 Å². The fourth-order valence-corrected chi connectivity index (χ4v) is 4.82. The molecule has 0 atom stereocenters. The molecule has 1 N–H and O–H groups in total. The van der Waals surface area contributed by atoms with Gasteiger partial charge in [-0.15, -0.1) is 0 Å². The number of benzene rings is 1. The van der Waals surface area contributed by atoms with Gasteiger partial charge in [0, 0.05) is 37.9 Å². The number of hydrogen-bond acceptors (Lipinski definition) is 4. The van der Waals surface area contributed by atoms with Crippen LogP contribution in [-0.4, -0.2) is 63.1 Å². The summed E-state index contributed by atoms with van der Waals surface area (Å²) in [6.45, 7) is 4.82. The molecule has 0 unspecified atom stereocenters. The summed E-state index contributed by atoms with van der Waals surface area (Å²) >= 11 is 0. The van der Waals surface area contributed by atoms with Crippen LogP contribution in [0.4, 0.5) is 5.69 Å². The maximum absolute atomic E-state index is 12.6. The average molecular weight is 420 g/mol. The number of nitrogens with one attached hydrogen (secondary N) is 1. The standard InChI is InChI=1S/C22H33N3O3S/c1-29(27,28)23-21-11-8-19(9-12-21)10-13-22(26)25-15-5-14-24(16-17-25)18-20-6-3-2-4-7-20/h8-13,20,23H,2-7,14-18H2,1H3/b13-10+. The molecule has 0 bridgehead atoms. The summed E-state index contributed by atoms with van der Waals surface area (Å²) in [5.41, 5.74) is 1.38. The summed E-state index contributed by atoms with van der Waals surface area (Å²) in [5, 5.41) is 0. The van der Waals surface area contributed by atoms with Crippen LogP contribution in [0, 0.1) is 5.92 Å². The molecular formula is C22H33N3O3S. The van der Waals surface area contributed by atoms with Crippen LogP contribution in [0.5, 0.6) is 0 Å². The normalized spacial score (nSPS) is 20.0. The largest absolute Gasteiger partial charge is 0.338 e. The Bertz CT molecular complexity index is 799. The number of carbonyl (C=O) groups is 1. The molecule has 2 aliphatic rings. The molecule has 1 aromatic rings. The zero-order valence-corrected chi connectivity index (χ0v) is 18.2. The van der Waals surface area contributed by atoms with Gasteiger partial charge in [-0.05, 0) is 55.5 Å². The smallest absolute Gasteiger partial charge is 0.246 e. The van der Waals surface area contributed by atoms with Crippen molar-refractivity contribution in [3.63, 3.8) is 0 Å². The first-order valence-corrected chi connectivity index (χ1v) is 12.6. The molecule has 1 amide bonds. The fraction of sp³-hybridized carbons (Fsp3) is 0.591. The Morgan fingerprint density at radius 2 is 1.76 bits per heavy atom. The van der Waals surface area contributed by atoms with Crippen LogP contribution in [0.25, 0.3) is 6.08 Å². The number of sulfonamides is 1. The first-order chi connectivity index (χ1) is 13.9. The lowest BCUT2D eigenvalue weighted by Crippen LogP contribution is -2.36. The van der Waals surface area contributed by atoms with Crippen molar-refractivity contribution < 1.29 is 13.2 Å². The SMILES string of the molecule is CS(=O)(=O)Nc1ccc(/C=C/C(=O)N2CCCN(CC3CCCCC3)CC2)cc1. The lowest BCUT2D eigenvalue weighted by atomic mass is 9.89. The second kappa shape index (κ2) is 10.3. The first-order valence-electron chi connectivity index (χ1n) is 10.7. The van der Waals surface area contributed by atoms with Crippen LogP contribution in [0.15, 0.2) is 30.3 Å². The van der Waals surface area contributed by atoms with Crippen molar-refractivity contribution >= 4 is 27.7 Å². The van der Waals surface area contributed by atoms with Crippen LogP contribution in [-0.2, 0) is 14.8 Å². The number of amides is 1. The Morgan fingerprint density at radius 1 is 1.03 bits per heavy atom. The summed E-state index contributed by atoms with van der Waals surface area (Å²) in [6, 6.07) is 6.98. The van der Waals surface area contributed by atoms with Gasteiger partial charge in [0.1, 0.15) is 0 Å². The van der Waals surface area contributed by atoms with Gasteiger partial charge in [-0.3, -0.25) is 9.52 Å². The fourth-order valence-electron chi connectivity index (χ4n) is 4.26. The number of hydrogen-bond donors (Lipinski definition) is 1. The minimum atomic E-state index is -3.28. The molecule has 1 heterocycles. The summed E-state index contributed by atoms with van der Waals surface area (Å²) < 4.78 is 25.0. The Balaban J connectivity index is 1.48. The molecule has 160 valence electrons. The second-order valence-electron chi connectivity index (χ2n) is 8.31.